The van der Waals surface area contributed by atoms with Crippen LogP contribution < -0.4 is 0 Å². The van der Waals surface area contributed by atoms with Gasteiger partial charge in [-0.05, 0) is 25.1 Å². The molecule has 1 amide bonds. The van der Waals surface area contributed by atoms with E-state index in [0.717, 1.165) is 18.2 Å². The number of nitrogens with zero attached hydrogens (tertiary/aromatic N) is 1. The molecule has 0 spiro atoms. The minimum absolute atomic E-state index is 0.201. The van der Waals surface area contributed by atoms with Crippen LogP contribution in [0.4, 0.5) is 4.39 Å². The van der Waals surface area contributed by atoms with E-state index in [1.54, 1.807) is 6.92 Å². The molecular weight excluding hydrogens is 293 g/mol. The van der Waals surface area contributed by atoms with Crippen LogP contribution in [-0.4, -0.2) is 32.3 Å². The molecule has 0 unspecified atom stereocenters. The molecule has 0 fully saturated rings. The van der Waals surface area contributed by atoms with Crippen LogP contribution >= 0.6 is 10.7 Å². The summed E-state index contributed by atoms with van der Waals surface area (Å²) in [4.78, 5) is 13.0. The molecule has 1 aromatic rings. The van der Waals surface area contributed by atoms with Crippen molar-refractivity contribution in [2.75, 3.05) is 13.1 Å². The number of rotatable bonds is 5. The van der Waals surface area contributed by atoms with E-state index in [0.29, 0.717) is 6.54 Å². The first-order chi connectivity index (χ1) is 8.81. The molecule has 0 aliphatic carbocycles. The molecule has 0 saturated heterocycles. The van der Waals surface area contributed by atoms with Crippen molar-refractivity contribution >= 4 is 25.6 Å². The van der Waals surface area contributed by atoms with E-state index < -0.39 is 20.8 Å². The molecule has 0 atom stereocenters. The fourth-order valence-corrected chi connectivity index (χ4v) is 2.27. The smallest absolute Gasteiger partial charge is 0.261 e. The second kappa shape index (κ2) is 6.16. The van der Waals surface area contributed by atoms with Crippen molar-refractivity contribution in [2.45, 2.75) is 11.8 Å². The van der Waals surface area contributed by atoms with Crippen molar-refractivity contribution in [1.29, 1.82) is 0 Å². The zero-order chi connectivity index (χ0) is 14.6. The van der Waals surface area contributed by atoms with E-state index in [2.05, 4.69) is 6.58 Å². The Morgan fingerprint density at radius 3 is 2.58 bits per heavy atom. The molecule has 0 aromatic heterocycles. The summed E-state index contributed by atoms with van der Waals surface area (Å²) in [6, 6.07) is 2.94. The molecular formula is C12H13ClFNO3S. The van der Waals surface area contributed by atoms with Gasteiger partial charge in [0.1, 0.15) is 5.82 Å². The van der Waals surface area contributed by atoms with Crippen molar-refractivity contribution in [1.82, 2.24) is 4.90 Å². The predicted molar refractivity (Wildman–Crippen MR) is 71.2 cm³/mol. The van der Waals surface area contributed by atoms with Crippen molar-refractivity contribution in [3.63, 3.8) is 0 Å². The second-order valence-corrected chi connectivity index (χ2v) is 6.28. The van der Waals surface area contributed by atoms with Crippen molar-refractivity contribution in [2.24, 2.45) is 0 Å². The van der Waals surface area contributed by atoms with Crippen molar-refractivity contribution < 1.29 is 17.6 Å². The summed E-state index contributed by atoms with van der Waals surface area (Å²) in [5.74, 6) is -1.45. The Labute approximate surface area is 115 Å². The predicted octanol–water partition coefficient (Wildman–Crippen LogP) is 2.40. The molecule has 19 heavy (non-hydrogen) atoms. The maximum absolute atomic E-state index is 13.8. The van der Waals surface area contributed by atoms with Gasteiger partial charge in [-0.25, -0.2) is 12.8 Å². The van der Waals surface area contributed by atoms with Crippen LogP contribution in [0.15, 0.2) is 35.7 Å². The Bertz CT molecular complexity index is 601. The van der Waals surface area contributed by atoms with Gasteiger partial charge in [-0.1, -0.05) is 6.08 Å². The topological polar surface area (TPSA) is 54.5 Å². The summed E-state index contributed by atoms with van der Waals surface area (Å²) >= 11 is 0. The highest BCUT2D eigenvalue weighted by atomic mass is 35.7. The maximum atomic E-state index is 13.8. The molecule has 0 N–H and O–H groups in total. The van der Waals surface area contributed by atoms with Crippen LogP contribution in [0.3, 0.4) is 0 Å². The monoisotopic (exact) mass is 305 g/mol. The van der Waals surface area contributed by atoms with E-state index in [1.807, 2.05) is 0 Å². The van der Waals surface area contributed by atoms with Crippen molar-refractivity contribution in [3.05, 3.63) is 42.2 Å². The average Bonchev–Trinajstić information content (AvgIpc) is 2.34. The fraction of sp³-hybridized carbons (Fsp3) is 0.250. The van der Waals surface area contributed by atoms with Gasteiger partial charge in [-0.15, -0.1) is 6.58 Å². The van der Waals surface area contributed by atoms with E-state index in [4.69, 9.17) is 10.7 Å². The molecule has 0 aliphatic heterocycles. The summed E-state index contributed by atoms with van der Waals surface area (Å²) in [5, 5.41) is 0. The quantitative estimate of drug-likeness (QED) is 0.620. The number of carbonyl (C=O) groups excluding carboxylic acids is 1. The number of halogens is 2. The van der Waals surface area contributed by atoms with Crippen molar-refractivity contribution in [3.8, 4) is 0 Å². The normalized spacial score (nSPS) is 11.1. The van der Waals surface area contributed by atoms with Gasteiger partial charge in [0.15, 0.2) is 0 Å². The molecule has 104 valence electrons. The molecule has 0 aliphatic rings. The average molecular weight is 306 g/mol. The van der Waals surface area contributed by atoms with Gasteiger partial charge in [0.25, 0.3) is 15.0 Å². The minimum atomic E-state index is -4.01. The number of carbonyl (C=O) groups is 1. The Hall–Kier alpha value is -1.40. The highest BCUT2D eigenvalue weighted by Gasteiger charge is 2.20. The third kappa shape index (κ3) is 3.78. The van der Waals surface area contributed by atoms with E-state index in [-0.39, 0.29) is 17.0 Å². The highest BCUT2D eigenvalue weighted by molar-refractivity contribution is 8.13. The standard InChI is InChI=1S/C12H13ClFNO3S/c1-3-7-15(4-2)12(16)10-6-5-9(8-11(10)14)19(13,17)18/h3,5-6,8H,1,4,7H2,2H3. The van der Waals surface area contributed by atoms with Crippen LogP contribution in [0.2, 0.25) is 0 Å². The van der Waals surface area contributed by atoms with Crippen LogP contribution in [-0.2, 0) is 9.05 Å². The molecule has 0 heterocycles. The molecule has 7 heteroatoms. The lowest BCUT2D eigenvalue weighted by atomic mass is 10.2. The van der Waals surface area contributed by atoms with Gasteiger partial charge >= 0.3 is 0 Å². The number of amides is 1. The largest absolute Gasteiger partial charge is 0.335 e. The van der Waals surface area contributed by atoms with Gasteiger partial charge in [-0.2, -0.15) is 0 Å². The zero-order valence-electron chi connectivity index (χ0n) is 10.3. The fourth-order valence-electron chi connectivity index (χ4n) is 1.50. The molecule has 4 nitrogen and oxygen atoms in total. The molecule has 0 saturated carbocycles. The first kappa shape index (κ1) is 15.7. The summed E-state index contributed by atoms with van der Waals surface area (Å²) < 4.78 is 35.9. The summed E-state index contributed by atoms with van der Waals surface area (Å²) in [7, 11) is 1.09. The number of hydrogen-bond donors (Lipinski definition) is 0. The molecule has 0 bridgehead atoms. The number of benzene rings is 1. The number of likely N-dealkylation sites (N-methyl/N-ethyl adjacent to an activating group) is 1. The first-order valence-electron chi connectivity index (χ1n) is 5.45. The third-order valence-electron chi connectivity index (χ3n) is 2.47. The summed E-state index contributed by atoms with van der Waals surface area (Å²) in [5.41, 5.74) is -0.201. The van der Waals surface area contributed by atoms with Crippen LogP contribution in [0.1, 0.15) is 17.3 Å². The second-order valence-electron chi connectivity index (χ2n) is 3.71. The van der Waals surface area contributed by atoms with Gasteiger partial charge in [0.05, 0.1) is 10.5 Å². The van der Waals surface area contributed by atoms with Crippen LogP contribution in [0, 0.1) is 5.82 Å². The minimum Gasteiger partial charge on any atom is -0.335 e. The Morgan fingerprint density at radius 1 is 1.53 bits per heavy atom. The number of hydrogen-bond acceptors (Lipinski definition) is 3. The maximum Gasteiger partial charge on any atom is 0.261 e. The SMILES string of the molecule is C=CCN(CC)C(=O)c1ccc(S(=O)(=O)Cl)cc1F. The van der Waals surface area contributed by atoms with Gasteiger partial charge in [-0.3, -0.25) is 4.79 Å². The lowest BCUT2D eigenvalue weighted by Gasteiger charge is -2.19. The molecule has 1 rings (SSSR count). The Kier molecular flexibility index (Phi) is 5.08. The summed E-state index contributed by atoms with van der Waals surface area (Å²) in [6.45, 7) is 5.93. The lowest BCUT2D eigenvalue weighted by molar-refractivity contribution is 0.0777. The van der Waals surface area contributed by atoms with E-state index >= 15 is 0 Å². The first-order valence-corrected chi connectivity index (χ1v) is 7.76. The molecule has 0 radical (unpaired) electrons. The van der Waals surface area contributed by atoms with Crippen LogP contribution in [0.5, 0.6) is 0 Å². The lowest BCUT2D eigenvalue weighted by Crippen LogP contribution is -2.31. The van der Waals surface area contributed by atoms with E-state index in [9.17, 15) is 17.6 Å². The van der Waals surface area contributed by atoms with Gasteiger partial charge in [0.2, 0.25) is 0 Å². The van der Waals surface area contributed by atoms with E-state index in [1.165, 1.54) is 11.0 Å². The summed E-state index contributed by atoms with van der Waals surface area (Å²) in [6.07, 6.45) is 1.52. The highest BCUT2D eigenvalue weighted by Crippen LogP contribution is 2.19. The van der Waals surface area contributed by atoms with Crippen LogP contribution in [0.25, 0.3) is 0 Å². The molecule has 1 aromatic carbocycles. The Balaban J connectivity index is 3.16. The van der Waals surface area contributed by atoms with Gasteiger partial charge < -0.3 is 4.90 Å². The zero-order valence-corrected chi connectivity index (χ0v) is 11.8. The van der Waals surface area contributed by atoms with Gasteiger partial charge in [0, 0.05) is 23.8 Å². The third-order valence-corrected chi connectivity index (χ3v) is 3.82. The Morgan fingerprint density at radius 2 is 2.16 bits per heavy atom.